The van der Waals surface area contributed by atoms with Crippen molar-refractivity contribution in [2.24, 2.45) is 0 Å². The fraction of sp³-hybridized carbons (Fsp3) is 0.417. The molecule has 0 unspecified atom stereocenters. The van der Waals surface area contributed by atoms with Gasteiger partial charge < -0.3 is 25.4 Å². The molecular weight excluding hydrogens is 432 g/mol. The van der Waals surface area contributed by atoms with E-state index in [1.54, 1.807) is 0 Å². The van der Waals surface area contributed by atoms with Crippen molar-refractivity contribution in [1.29, 1.82) is 0 Å². The van der Waals surface area contributed by atoms with Crippen LogP contribution in [-0.4, -0.2) is 53.3 Å². The molecular formula is C24H27F2N3O4. The highest BCUT2D eigenvalue weighted by Gasteiger charge is 2.34. The average Bonchev–Trinajstić information content (AvgIpc) is 2.82. The summed E-state index contributed by atoms with van der Waals surface area (Å²) in [7, 11) is 0. The molecule has 0 aromatic heterocycles. The normalized spacial score (nSPS) is 22.4. The van der Waals surface area contributed by atoms with Crippen LogP contribution < -0.4 is 10.6 Å². The van der Waals surface area contributed by atoms with E-state index in [0.29, 0.717) is 25.9 Å². The van der Waals surface area contributed by atoms with E-state index in [4.69, 9.17) is 4.74 Å². The molecule has 3 amide bonds. The Labute approximate surface area is 190 Å². The number of rotatable bonds is 5. The number of carbonyl (C=O) groups is 2. The summed E-state index contributed by atoms with van der Waals surface area (Å²) in [5.41, 5.74) is 2.14. The Morgan fingerprint density at radius 3 is 2.70 bits per heavy atom. The van der Waals surface area contributed by atoms with Crippen LogP contribution in [0, 0.1) is 11.6 Å². The average molecular weight is 459 g/mol. The molecule has 2 aromatic carbocycles. The molecule has 3 atom stereocenters. The van der Waals surface area contributed by atoms with E-state index in [1.807, 2.05) is 23.1 Å². The van der Waals surface area contributed by atoms with Crippen molar-refractivity contribution in [2.75, 3.05) is 18.5 Å². The number of fused-ring (bicyclic) bond motifs is 1. The minimum absolute atomic E-state index is 0.00285. The zero-order valence-corrected chi connectivity index (χ0v) is 18.1. The molecule has 2 aromatic rings. The van der Waals surface area contributed by atoms with E-state index < -0.39 is 29.8 Å². The predicted molar refractivity (Wildman–Crippen MR) is 117 cm³/mol. The number of hydrogen-bond acceptors (Lipinski definition) is 4. The summed E-state index contributed by atoms with van der Waals surface area (Å²) < 4.78 is 33.0. The highest BCUT2D eigenvalue weighted by molar-refractivity contribution is 5.89. The first kappa shape index (κ1) is 23.1. The monoisotopic (exact) mass is 459 g/mol. The van der Waals surface area contributed by atoms with Crippen LogP contribution in [0.1, 0.15) is 30.4 Å². The first-order valence-corrected chi connectivity index (χ1v) is 11.1. The van der Waals surface area contributed by atoms with Crippen LogP contribution in [0.2, 0.25) is 0 Å². The number of nitrogens with one attached hydrogen (secondary N) is 2. The van der Waals surface area contributed by atoms with Gasteiger partial charge >= 0.3 is 6.03 Å². The van der Waals surface area contributed by atoms with Crippen LogP contribution in [-0.2, 0) is 22.5 Å². The highest BCUT2D eigenvalue weighted by atomic mass is 19.1. The van der Waals surface area contributed by atoms with Crippen LogP contribution >= 0.6 is 0 Å². The molecule has 0 aliphatic carbocycles. The van der Waals surface area contributed by atoms with Gasteiger partial charge in [0.15, 0.2) is 0 Å². The molecule has 9 heteroatoms. The molecule has 3 N–H and O–H groups in total. The van der Waals surface area contributed by atoms with Crippen molar-refractivity contribution in [3.05, 3.63) is 65.2 Å². The summed E-state index contributed by atoms with van der Waals surface area (Å²) in [5, 5.41) is 14.7. The topological polar surface area (TPSA) is 90.9 Å². The lowest BCUT2D eigenvalue weighted by Crippen LogP contribution is -2.52. The number of aliphatic hydroxyl groups is 1. The molecule has 33 heavy (non-hydrogen) atoms. The van der Waals surface area contributed by atoms with Gasteiger partial charge in [0.05, 0.1) is 30.9 Å². The predicted octanol–water partition coefficient (Wildman–Crippen LogP) is 2.97. The van der Waals surface area contributed by atoms with Gasteiger partial charge in [-0.1, -0.05) is 24.3 Å². The number of carbonyl (C=O) groups excluding carboxylic acids is 2. The lowest BCUT2D eigenvalue weighted by molar-refractivity contribution is -0.141. The molecule has 2 aliphatic rings. The smallest absolute Gasteiger partial charge is 0.319 e. The number of aliphatic hydroxyl groups excluding tert-OH is 1. The first-order chi connectivity index (χ1) is 15.9. The maximum Gasteiger partial charge on any atom is 0.319 e. The molecule has 7 nitrogen and oxygen atoms in total. The van der Waals surface area contributed by atoms with Gasteiger partial charge in [0.25, 0.3) is 0 Å². The Bertz CT molecular complexity index is 1020. The van der Waals surface area contributed by atoms with Gasteiger partial charge in [0, 0.05) is 19.2 Å². The molecule has 0 spiro atoms. The van der Waals surface area contributed by atoms with E-state index >= 15 is 0 Å². The van der Waals surface area contributed by atoms with Crippen LogP contribution in [0.25, 0.3) is 0 Å². The lowest BCUT2D eigenvalue weighted by Gasteiger charge is -2.37. The molecule has 2 heterocycles. The van der Waals surface area contributed by atoms with Crippen molar-refractivity contribution in [3.63, 3.8) is 0 Å². The number of ether oxygens (including phenoxy) is 1. The summed E-state index contributed by atoms with van der Waals surface area (Å²) in [6.45, 7) is 0.889. The van der Waals surface area contributed by atoms with Crippen LogP contribution in [0.5, 0.6) is 0 Å². The van der Waals surface area contributed by atoms with Gasteiger partial charge in [-0.15, -0.1) is 0 Å². The molecule has 4 rings (SSSR count). The number of halogens is 2. The minimum atomic E-state index is -0.760. The van der Waals surface area contributed by atoms with Crippen molar-refractivity contribution in [1.82, 2.24) is 10.2 Å². The second-order valence-corrected chi connectivity index (χ2v) is 8.42. The third kappa shape index (κ3) is 5.66. The summed E-state index contributed by atoms with van der Waals surface area (Å²) in [6, 6.07) is 9.59. The summed E-state index contributed by atoms with van der Waals surface area (Å²) in [4.78, 5) is 26.9. The van der Waals surface area contributed by atoms with E-state index in [1.165, 1.54) is 5.56 Å². The minimum Gasteiger partial charge on any atom is -0.394 e. The Hall–Kier alpha value is -3.04. The van der Waals surface area contributed by atoms with Gasteiger partial charge in [-0.3, -0.25) is 4.79 Å². The van der Waals surface area contributed by atoms with Crippen molar-refractivity contribution >= 4 is 17.6 Å². The van der Waals surface area contributed by atoms with Crippen LogP contribution in [0.15, 0.2) is 42.5 Å². The standard InChI is InChI=1S/C24H27F2N3O4/c25-17-5-7-19(26)21(11-17)28-24(32)27-20-8-6-18(33-22(20)14-30)12-23(31)29-10-9-15-3-1-2-4-16(15)13-29/h1-5,7,11,18,20,22,30H,6,8-10,12-14H2,(H2,27,28,32)/t18-,20+,22-/m1/s1. The van der Waals surface area contributed by atoms with Crippen LogP contribution in [0.3, 0.4) is 0 Å². The Morgan fingerprint density at radius 1 is 1.12 bits per heavy atom. The van der Waals surface area contributed by atoms with E-state index in [2.05, 4.69) is 16.7 Å². The number of amides is 3. The molecule has 176 valence electrons. The van der Waals surface area contributed by atoms with Gasteiger partial charge in [0.2, 0.25) is 5.91 Å². The zero-order chi connectivity index (χ0) is 23.4. The Kier molecular flexibility index (Phi) is 7.20. The summed E-state index contributed by atoms with van der Waals surface area (Å²) >= 11 is 0. The van der Waals surface area contributed by atoms with Gasteiger partial charge in [-0.05, 0) is 42.5 Å². The first-order valence-electron chi connectivity index (χ1n) is 11.1. The van der Waals surface area contributed by atoms with Crippen molar-refractivity contribution < 1.29 is 28.2 Å². The second-order valence-electron chi connectivity index (χ2n) is 8.42. The number of benzene rings is 2. The van der Waals surface area contributed by atoms with E-state index in [-0.39, 0.29) is 30.7 Å². The third-order valence-corrected chi connectivity index (χ3v) is 6.17. The number of hydrogen-bond donors (Lipinski definition) is 3. The SMILES string of the molecule is O=C(Nc1cc(F)ccc1F)N[C@H]1CC[C@H](CC(=O)N2CCc3ccccc3C2)O[C@@H]1CO. The number of nitrogens with zero attached hydrogens (tertiary/aromatic N) is 1. The largest absolute Gasteiger partial charge is 0.394 e. The van der Waals surface area contributed by atoms with Crippen LogP contribution in [0.4, 0.5) is 19.3 Å². The fourth-order valence-electron chi connectivity index (χ4n) is 4.40. The maximum absolute atomic E-state index is 13.7. The zero-order valence-electron chi connectivity index (χ0n) is 18.1. The highest BCUT2D eigenvalue weighted by Crippen LogP contribution is 2.25. The van der Waals surface area contributed by atoms with Crippen molar-refractivity contribution in [3.8, 4) is 0 Å². The molecule has 0 saturated carbocycles. The van der Waals surface area contributed by atoms with Gasteiger partial charge in [-0.2, -0.15) is 0 Å². The number of anilines is 1. The summed E-state index contributed by atoms with van der Waals surface area (Å²) in [6.07, 6.45) is 0.943. The third-order valence-electron chi connectivity index (χ3n) is 6.17. The van der Waals surface area contributed by atoms with Crippen molar-refractivity contribution in [2.45, 2.75) is 50.5 Å². The summed E-state index contributed by atoms with van der Waals surface area (Å²) in [5.74, 6) is -1.44. The lowest BCUT2D eigenvalue weighted by atomic mass is 9.96. The van der Waals surface area contributed by atoms with E-state index in [0.717, 1.165) is 30.2 Å². The van der Waals surface area contributed by atoms with E-state index in [9.17, 15) is 23.5 Å². The molecule has 0 bridgehead atoms. The molecule has 1 fully saturated rings. The van der Waals surface area contributed by atoms with Gasteiger partial charge in [0.1, 0.15) is 17.7 Å². The quantitative estimate of drug-likeness (QED) is 0.641. The second kappa shape index (κ2) is 10.3. The van der Waals surface area contributed by atoms with Gasteiger partial charge in [-0.25, -0.2) is 13.6 Å². The molecule has 0 radical (unpaired) electrons. The maximum atomic E-state index is 13.7. The molecule has 2 aliphatic heterocycles. The fourth-order valence-corrected chi connectivity index (χ4v) is 4.40. The molecule has 1 saturated heterocycles. The Balaban J connectivity index is 1.29. The number of urea groups is 1. The Morgan fingerprint density at radius 2 is 1.91 bits per heavy atom.